The predicted octanol–water partition coefficient (Wildman–Crippen LogP) is 5.74. The van der Waals surface area contributed by atoms with Gasteiger partial charge in [0, 0.05) is 37.8 Å². The molecule has 0 aromatic heterocycles. The van der Waals surface area contributed by atoms with E-state index in [1.807, 2.05) is 18.2 Å². The number of hydrogen-bond donors (Lipinski definition) is 0. The average molecular weight is 444 g/mol. The molecule has 168 valence electrons. The summed E-state index contributed by atoms with van der Waals surface area (Å²) in [6, 6.07) is 16.0. The van der Waals surface area contributed by atoms with Gasteiger partial charge in [-0.3, -0.25) is 9.21 Å². The van der Waals surface area contributed by atoms with Crippen LogP contribution in [0.15, 0.2) is 48.5 Å². The zero-order chi connectivity index (χ0) is 22.0. The van der Waals surface area contributed by atoms with Gasteiger partial charge in [0.25, 0.3) is 0 Å². The molecule has 0 aliphatic carbocycles. The molecule has 2 aliphatic heterocycles. The Morgan fingerprint density at radius 3 is 2.77 bits per heavy atom. The van der Waals surface area contributed by atoms with Crippen molar-refractivity contribution in [1.82, 2.24) is 9.21 Å². The lowest BCUT2D eigenvalue weighted by Gasteiger charge is -2.47. The molecule has 4 nitrogen and oxygen atoms in total. The largest absolute Gasteiger partial charge is 0.491 e. The van der Waals surface area contributed by atoms with Crippen molar-refractivity contribution in [2.24, 2.45) is 0 Å². The van der Waals surface area contributed by atoms with Crippen molar-refractivity contribution >= 4 is 17.8 Å². The second kappa shape index (κ2) is 9.39. The van der Waals surface area contributed by atoms with Gasteiger partial charge in [-0.25, -0.2) is 8.70 Å². The lowest BCUT2D eigenvalue weighted by atomic mass is 9.82. The molecule has 3 atom stereocenters. The number of rotatable bonds is 6. The summed E-state index contributed by atoms with van der Waals surface area (Å²) in [6.45, 7) is 9.53. The third kappa shape index (κ3) is 5.02. The van der Waals surface area contributed by atoms with Crippen LogP contribution in [-0.2, 0) is 6.54 Å². The summed E-state index contributed by atoms with van der Waals surface area (Å²) in [4.78, 5) is 2.57. The van der Waals surface area contributed by atoms with E-state index in [0.717, 1.165) is 50.3 Å². The Bertz CT molecular complexity index is 897. The number of nitrogens with zero attached hydrogens (tertiary/aromatic N) is 3. The maximum atomic E-state index is 13.9. The van der Waals surface area contributed by atoms with Gasteiger partial charge in [0.05, 0.1) is 17.3 Å². The number of halogens is 1. The van der Waals surface area contributed by atoms with Crippen molar-refractivity contribution in [3.63, 3.8) is 0 Å². The number of likely N-dealkylation sites (N-methyl/N-ethyl adjacent to an activating group) is 1. The van der Waals surface area contributed by atoms with Crippen molar-refractivity contribution in [3.05, 3.63) is 59.9 Å². The minimum absolute atomic E-state index is 0.0324. The molecule has 31 heavy (non-hydrogen) atoms. The molecule has 2 aliphatic rings. The molecule has 0 N–H and O–H groups in total. The van der Waals surface area contributed by atoms with Crippen molar-refractivity contribution < 1.29 is 9.13 Å². The normalized spacial score (nSPS) is 25.8. The quantitative estimate of drug-likeness (QED) is 0.529. The number of benzene rings is 2. The van der Waals surface area contributed by atoms with Crippen LogP contribution in [0.3, 0.4) is 0 Å². The Kier molecular flexibility index (Phi) is 6.80. The molecule has 0 unspecified atom stereocenters. The molecule has 2 saturated heterocycles. The van der Waals surface area contributed by atoms with E-state index in [1.165, 1.54) is 11.6 Å². The molecular weight excluding hydrogens is 409 g/mol. The summed E-state index contributed by atoms with van der Waals surface area (Å²) in [5.74, 6) is 0.784. The highest BCUT2D eigenvalue weighted by Crippen LogP contribution is 2.46. The minimum atomic E-state index is -0.173. The van der Waals surface area contributed by atoms with E-state index in [9.17, 15) is 4.39 Å². The van der Waals surface area contributed by atoms with E-state index in [2.05, 4.69) is 59.5 Å². The van der Waals surface area contributed by atoms with Gasteiger partial charge in [-0.1, -0.05) is 25.1 Å². The first-order valence-corrected chi connectivity index (χ1v) is 12.1. The van der Waals surface area contributed by atoms with Gasteiger partial charge in [-0.15, -0.1) is 0 Å². The molecule has 2 heterocycles. The van der Waals surface area contributed by atoms with Gasteiger partial charge in [0.15, 0.2) is 0 Å². The third-order valence-electron chi connectivity index (χ3n) is 6.57. The summed E-state index contributed by atoms with van der Waals surface area (Å²) >= 11 is 1.71. The number of likely N-dealkylation sites (tertiary alicyclic amines) is 1. The summed E-state index contributed by atoms with van der Waals surface area (Å²) in [6.07, 6.45) is 3.36. The Morgan fingerprint density at radius 2 is 2.03 bits per heavy atom. The smallest absolute Gasteiger partial charge is 0.125 e. The van der Waals surface area contributed by atoms with Crippen molar-refractivity contribution in [1.29, 1.82) is 0 Å². The molecule has 4 rings (SSSR count). The van der Waals surface area contributed by atoms with Crippen LogP contribution >= 0.6 is 12.1 Å². The van der Waals surface area contributed by atoms with Crippen LogP contribution in [0.1, 0.15) is 45.6 Å². The second-order valence-electron chi connectivity index (χ2n) is 9.12. The first kappa shape index (κ1) is 22.4. The van der Waals surface area contributed by atoms with Crippen molar-refractivity contribution in [2.45, 2.75) is 64.3 Å². The highest BCUT2D eigenvalue weighted by atomic mass is 32.2. The minimum Gasteiger partial charge on any atom is -0.491 e. The first-order chi connectivity index (χ1) is 14.9. The topological polar surface area (TPSA) is 19.0 Å². The standard InChI is InChI=1S/C25H34FN3OS/c1-5-20(3)30-24-11-6-8-21(14-24)17-28-13-12-25(16-19(28)2)18-27(4)31-29(25)23-10-7-9-22(26)15-23/h6-11,14-15,19-20H,5,12-13,16-18H2,1-4H3/t19-,20+,25+/m0/s1. The summed E-state index contributed by atoms with van der Waals surface area (Å²) < 4.78 is 24.6. The summed E-state index contributed by atoms with van der Waals surface area (Å²) in [7, 11) is 2.13. The molecule has 2 aromatic rings. The van der Waals surface area contributed by atoms with E-state index in [4.69, 9.17) is 4.74 Å². The Hall–Kier alpha value is -1.76. The molecule has 0 radical (unpaired) electrons. The predicted molar refractivity (Wildman–Crippen MR) is 128 cm³/mol. The van der Waals surface area contributed by atoms with E-state index in [1.54, 1.807) is 18.2 Å². The zero-order valence-corrected chi connectivity index (χ0v) is 19.9. The average Bonchev–Trinajstić information content (AvgIpc) is 3.06. The Labute approximate surface area is 190 Å². The van der Waals surface area contributed by atoms with Gasteiger partial charge in [0.2, 0.25) is 0 Å². The monoisotopic (exact) mass is 443 g/mol. The maximum Gasteiger partial charge on any atom is 0.125 e. The number of hydrogen-bond acceptors (Lipinski definition) is 5. The van der Waals surface area contributed by atoms with Crippen LogP contribution in [0.5, 0.6) is 5.75 Å². The lowest BCUT2D eigenvalue weighted by molar-refractivity contribution is 0.100. The third-order valence-corrected chi connectivity index (χ3v) is 7.74. The van der Waals surface area contributed by atoms with Gasteiger partial charge in [-0.2, -0.15) is 0 Å². The van der Waals surface area contributed by atoms with Crippen LogP contribution in [0, 0.1) is 5.82 Å². The Balaban J connectivity index is 1.46. The summed E-state index contributed by atoms with van der Waals surface area (Å²) in [5.41, 5.74) is 2.29. The highest BCUT2D eigenvalue weighted by Gasteiger charge is 2.48. The van der Waals surface area contributed by atoms with Gasteiger partial charge in [0.1, 0.15) is 11.6 Å². The molecule has 6 heteroatoms. The number of anilines is 1. The number of piperidine rings is 1. The van der Waals surface area contributed by atoms with Crippen LogP contribution in [-0.4, -0.2) is 47.0 Å². The van der Waals surface area contributed by atoms with Crippen molar-refractivity contribution in [2.75, 3.05) is 24.4 Å². The molecule has 1 spiro atoms. The molecule has 0 amide bonds. The van der Waals surface area contributed by atoms with Crippen molar-refractivity contribution in [3.8, 4) is 5.75 Å². The number of ether oxygens (including phenoxy) is 1. The van der Waals surface area contributed by atoms with Gasteiger partial charge >= 0.3 is 0 Å². The second-order valence-corrected chi connectivity index (χ2v) is 10.3. The molecule has 0 saturated carbocycles. The Morgan fingerprint density at radius 1 is 1.23 bits per heavy atom. The fourth-order valence-corrected chi connectivity index (χ4v) is 6.02. The van der Waals surface area contributed by atoms with Crippen LogP contribution < -0.4 is 9.04 Å². The van der Waals surface area contributed by atoms with E-state index in [-0.39, 0.29) is 17.5 Å². The molecule has 0 bridgehead atoms. The fourth-order valence-electron chi connectivity index (χ4n) is 4.84. The molecule has 2 fully saturated rings. The lowest BCUT2D eigenvalue weighted by Crippen LogP contribution is -2.56. The molecular formula is C25H34FN3OS. The van der Waals surface area contributed by atoms with Gasteiger partial charge in [-0.05, 0) is 76.1 Å². The first-order valence-electron chi connectivity index (χ1n) is 11.3. The van der Waals surface area contributed by atoms with Crippen LogP contribution in [0.2, 0.25) is 0 Å². The van der Waals surface area contributed by atoms with E-state index >= 15 is 0 Å². The van der Waals surface area contributed by atoms with Gasteiger partial charge < -0.3 is 4.74 Å². The summed E-state index contributed by atoms with van der Waals surface area (Å²) in [5, 5.41) is 0. The fraction of sp³-hybridized carbons (Fsp3) is 0.520. The van der Waals surface area contributed by atoms with E-state index < -0.39 is 0 Å². The highest BCUT2D eigenvalue weighted by molar-refractivity contribution is 7.98. The van der Waals surface area contributed by atoms with Crippen LogP contribution in [0.4, 0.5) is 10.1 Å². The van der Waals surface area contributed by atoms with E-state index in [0.29, 0.717) is 6.04 Å². The zero-order valence-electron chi connectivity index (χ0n) is 19.1. The molecule has 2 aromatic carbocycles. The maximum absolute atomic E-state index is 13.9. The van der Waals surface area contributed by atoms with Crippen LogP contribution in [0.25, 0.3) is 0 Å². The SMILES string of the molecule is CC[C@@H](C)Oc1cccc(CN2CC[C@@]3(C[C@@H]2C)CN(C)SN3c2cccc(F)c2)c1.